The Hall–Kier alpha value is -1.54. The van der Waals surface area contributed by atoms with E-state index in [-0.39, 0.29) is 6.04 Å². The molecule has 8 heteroatoms. The van der Waals surface area contributed by atoms with Gasteiger partial charge in [-0.15, -0.1) is 15.3 Å². The lowest BCUT2D eigenvalue weighted by Gasteiger charge is -2.17. The van der Waals surface area contributed by atoms with Gasteiger partial charge in [0.15, 0.2) is 4.60 Å². The van der Waals surface area contributed by atoms with Gasteiger partial charge in [0.25, 0.3) is 0 Å². The van der Waals surface area contributed by atoms with Gasteiger partial charge in [-0.2, -0.15) is 0 Å². The molecule has 2 aromatic rings. The molecular formula is C11H15BrN6O. The molecule has 7 nitrogen and oxygen atoms in total. The summed E-state index contributed by atoms with van der Waals surface area (Å²) in [6.07, 6.45) is 0. The molecule has 0 saturated carbocycles. The van der Waals surface area contributed by atoms with Crippen LogP contribution >= 0.6 is 15.9 Å². The van der Waals surface area contributed by atoms with E-state index < -0.39 is 0 Å². The standard InChI is InChI=1S/C11H15BrN6O/c1-4-13-9(10-11(12)16-17-18(10)2)7-5-6-8(19-3)15-14-7/h5-6,9,13H,4H2,1-3H3. The Labute approximate surface area is 119 Å². The van der Waals surface area contributed by atoms with Crippen LogP contribution in [-0.2, 0) is 7.05 Å². The van der Waals surface area contributed by atoms with Gasteiger partial charge in [-0.25, -0.2) is 4.68 Å². The van der Waals surface area contributed by atoms with Gasteiger partial charge in [-0.3, -0.25) is 0 Å². The van der Waals surface area contributed by atoms with Gasteiger partial charge in [-0.1, -0.05) is 12.1 Å². The predicted molar refractivity (Wildman–Crippen MR) is 72.8 cm³/mol. The van der Waals surface area contributed by atoms with E-state index >= 15 is 0 Å². The molecule has 102 valence electrons. The SMILES string of the molecule is CCNC(c1ccc(OC)nn1)c1c(Br)nnn1C. The zero-order chi connectivity index (χ0) is 13.8. The quantitative estimate of drug-likeness (QED) is 0.885. The van der Waals surface area contributed by atoms with Crippen molar-refractivity contribution in [2.45, 2.75) is 13.0 Å². The number of methoxy groups -OCH3 is 1. The molecule has 0 bridgehead atoms. The Bertz CT molecular complexity index is 521. The molecule has 1 unspecified atom stereocenters. The number of halogens is 1. The molecule has 19 heavy (non-hydrogen) atoms. The monoisotopic (exact) mass is 326 g/mol. The molecule has 2 heterocycles. The Morgan fingerprint density at radius 2 is 2.16 bits per heavy atom. The van der Waals surface area contributed by atoms with E-state index in [1.807, 2.05) is 20.0 Å². The number of hydrogen-bond acceptors (Lipinski definition) is 6. The normalized spacial score (nSPS) is 12.4. The summed E-state index contributed by atoms with van der Waals surface area (Å²) in [5.41, 5.74) is 1.69. The smallest absolute Gasteiger partial charge is 0.233 e. The molecule has 0 aliphatic heterocycles. The second-order valence-electron chi connectivity index (χ2n) is 3.88. The van der Waals surface area contributed by atoms with Gasteiger partial charge < -0.3 is 10.1 Å². The lowest BCUT2D eigenvalue weighted by atomic mass is 10.1. The van der Waals surface area contributed by atoms with E-state index in [0.717, 1.165) is 17.9 Å². The van der Waals surface area contributed by atoms with Crippen LogP contribution in [-0.4, -0.2) is 38.8 Å². The zero-order valence-electron chi connectivity index (χ0n) is 11.0. The molecule has 0 aliphatic rings. The molecule has 1 N–H and O–H groups in total. The second-order valence-corrected chi connectivity index (χ2v) is 4.63. The highest BCUT2D eigenvalue weighted by Gasteiger charge is 2.22. The predicted octanol–water partition coefficient (Wildman–Crippen LogP) is 1.08. The molecule has 0 spiro atoms. The minimum absolute atomic E-state index is 0.127. The molecule has 2 aromatic heterocycles. The fraction of sp³-hybridized carbons (Fsp3) is 0.455. The highest BCUT2D eigenvalue weighted by molar-refractivity contribution is 9.10. The van der Waals surface area contributed by atoms with E-state index in [0.29, 0.717) is 10.5 Å². The van der Waals surface area contributed by atoms with Crippen molar-refractivity contribution in [2.75, 3.05) is 13.7 Å². The summed E-state index contributed by atoms with van der Waals surface area (Å²) in [6, 6.07) is 3.53. The Balaban J connectivity index is 2.39. The summed E-state index contributed by atoms with van der Waals surface area (Å²) in [5.74, 6) is 0.487. The summed E-state index contributed by atoms with van der Waals surface area (Å²) in [5, 5.41) is 19.5. The third kappa shape index (κ3) is 2.90. The first-order valence-electron chi connectivity index (χ1n) is 5.83. The lowest BCUT2D eigenvalue weighted by Crippen LogP contribution is -2.25. The van der Waals surface area contributed by atoms with Crippen LogP contribution in [0.4, 0.5) is 0 Å². The first-order chi connectivity index (χ1) is 9.17. The minimum atomic E-state index is -0.127. The number of hydrogen-bond donors (Lipinski definition) is 1. The van der Waals surface area contributed by atoms with E-state index in [2.05, 4.69) is 41.8 Å². The number of ether oxygens (including phenoxy) is 1. The van der Waals surface area contributed by atoms with Crippen LogP contribution in [0.25, 0.3) is 0 Å². The molecule has 0 fully saturated rings. The van der Waals surface area contributed by atoms with Crippen molar-refractivity contribution in [3.8, 4) is 5.88 Å². The topological polar surface area (TPSA) is 77.8 Å². The number of aromatic nitrogens is 5. The van der Waals surface area contributed by atoms with Gasteiger partial charge >= 0.3 is 0 Å². The summed E-state index contributed by atoms with van der Waals surface area (Å²) in [6.45, 7) is 2.82. The second kappa shape index (κ2) is 6.07. The summed E-state index contributed by atoms with van der Waals surface area (Å²) in [7, 11) is 3.40. The van der Waals surface area contributed by atoms with Crippen molar-refractivity contribution in [3.05, 3.63) is 28.1 Å². The van der Waals surface area contributed by atoms with Crippen molar-refractivity contribution < 1.29 is 4.74 Å². The average molecular weight is 327 g/mol. The van der Waals surface area contributed by atoms with Gasteiger partial charge in [-0.05, 0) is 28.5 Å². The van der Waals surface area contributed by atoms with Crippen molar-refractivity contribution >= 4 is 15.9 Å². The van der Waals surface area contributed by atoms with Gasteiger partial charge in [0.05, 0.1) is 24.5 Å². The first-order valence-corrected chi connectivity index (χ1v) is 6.62. The van der Waals surface area contributed by atoms with Crippen LogP contribution in [0.15, 0.2) is 16.7 Å². The molecule has 1 atom stereocenters. The molecule has 0 amide bonds. The Morgan fingerprint density at radius 3 is 2.63 bits per heavy atom. The zero-order valence-corrected chi connectivity index (χ0v) is 12.5. The maximum absolute atomic E-state index is 5.01. The Morgan fingerprint density at radius 1 is 1.37 bits per heavy atom. The largest absolute Gasteiger partial charge is 0.480 e. The van der Waals surface area contributed by atoms with E-state index in [4.69, 9.17) is 4.74 Å². The van der Waals surface area contributed by atoms with Crippen LogP contribution in [0.3, 0.4) is 0 Å². The van der Waals surface area contributed by atoms with Crippen LogP contribution in [0.1, 0.15) is 24.4 Å². The first kappa shape index (κ1) is 13.9. The number of aryl methyl sites for hydroxylation is 1. The maximum Gasteiger partial charge on any atom is 0.233 e. The van der Waals surface area contributed by atoms with Gasteiger partial charge in [0.2, 0.25) is 5.88 Å². The van der Waals surface area contributed by atoms with Crippen molar-refractivity contribution in [3.63, 3.8) is 0 Å². The number of nitrogens with one attached hydrogen (secondary N) is 1. The maximum atomic E-state index is 5.01. The van der Waals surface area contributed by atoms with Crippen LogP contribution < -0.4 is 10.1 Å². The molecule has 0 saturated heterocycles. The minimum Gasteiger partial charge on any atom is -0.480 e. The number of nitrogens with zero attached hydrogens (tertiary/aromatic N) is 5. The van der Waals surface area contributed by atoms with Crippen molar-refractivity contribution in [2.24, 2.45) is 7.05 Å². The van der Waals surface area contributed by atoms with Crippen LogP contribution in [0, 0.1) is 0 Å². The molecule has 2 rings (SSSR count). The summed E-state index contributed by atoms with van der Waals surface area (Å²) >= 11 is 3.41. The van der Waals surface area contributed by atoms with E-state index in [1.54, 1.807) is 17.9 Å². The molecule has 0 aliphatic carbocycles. The average Bonchev–Trinajstić information content (AvgIpc) is 2.76. The van der Waals surface area contributed by atoms with Crippen molar-refractivity contribution in [1.29, 1.82) is 0 Å². The highest BCUT2D eigenvalue weighted by Crippen LogP contribution is 2.25. The van der Waals surface area contributed by atoms with E-state index in [9.17, 15) is 0 Å². The molecule has 0 aromatic carbocycles. The van der Waals surface area contributed by atoms with Gasteiger partial charge in [0.1, 0.15) is 0 Å². The number of rotatable bonds is 5. The van der Waals surface area contributed by atoms with Crippen molar-refractivity contribution in [1.82, 2.24) is 30.5 Å². The third-order valence-electron chi connectivity index (χ3n) is 2.67. The summed E-state index contributed by atoms with van der Waals surface area (Å²) < 4.78 is 7.42. The fourth-order valence-electron chi connectivity index (χ4n) is 1.78. The van der Waals surface area contributed by atoms with Gasteiger partial charge in [0, 0.05) is 13.1 Å². The highest BCUT2D eigenvalue weighted by atomic mass is 79.9. The molecular weight excluding hydrogens is 312 g/mol. The van der Waals surface area contributed by atoms with E-state index in [1.165, 1.54) is 0 Å². The lowest BCUT2D eigenvalue weighted by molar-refractivity contribution is 0.390. The Kier molecular flexibility index (Phi) is 4.43. The third-order valence-corrected chi connectivity index (χ3v) is 3.24. The van der Waals surface area contributed by atoms with Crippen LogP contribution in [0.5, 0.6) is 5.88 Å². The fourth-order valence-corrected chi connectivity index (χ4v) is 2.34. The van der Waals surface area contributed by atoms with Crippen LogP contribution in [0.2, 0.25) is 0 Å². The summed E-state index contributed by atoms with van der Waals surface area (Å²) in [4.78, 5) is 0. The molecule has 0 radical (unpaired) electrons.